The van der Waals surface area contributed by atoms with Crippen molar-refractivity contribution in [2.75, 3.05) is 13.2 Å². The van der Waals surface area contributed by atoms with Gasteiger partial charge in [-0.2, -0.15) is 0 Å². The van der Waals surface area contributed by atoms with Gasteiger partial charge in [0.15, 0.2) is 6.10 Å². The quantitative estimate of drug-likeness (QED) is 0.0270. The van der Waals surface area contributed by atoms with Gasteiger partial charge in [-0.15, -0.1) is 0 Å². The molecule has 8 nitrogen and oxygen atoms in total. The fraction of sp³-hybridized carbons (Fsp3) is 0.915. The molecule has 0 aromatic carbocycles. The van der Waals surface area contributed by atoms with Gasteiger partial charge in [0.05, 0.1) is 6.61 Å². The molecule has 0 fully saturated rings. The standard InChI is InChI=1S/C47H91O8P/c1-3-5-7-9-11-13-15-17-19-21-22-23-24-26-28-30-32-34-36-38-40-42-47(49)55-45(44-54-56(50,51)52)43-53-46(48)41-39-37-35-33-31-29-27-25-20-18-16-14-12-10-8-6-4-2/h14,16,45H,3-13,15,17-44H2,1-2H3,(H2,50,51,52)/b16-14+/t45-/m1/s1. The van der Waals surface area contributed by atoms with Crippen molar-refractivity contribution in [2.24, 2.45) is 0 Å². The third kappa shape index (κ3) is 45.5. The molecule has 9 heteroatoms. The van der Waals surface area contributed by atoms with Crippen molar-refractivity contribution in [2.45, 2.75) is 264 Å². The van der Waals surface area contributed by atoms with Gasteiger partial charge < -0.3 is 19.3 Å². The molecule has 0 aromatic heterocycles. The Morgan fingerprint density at radius 1 is 0.446 bits per heavy atom. The van der Waals surface area contributed by atoms with Crippen molar-refractivity contribution < 1.29 is 37.9 Å². The highest BCUT2D eigenvalue weighted by Crippen LogP contribution is 2.36. The second-order valence-electron chi connectivity index (χ2n) is 16.4. The molecule has 1 atom stereocenters. The lowest BCUT2D eigenvalue weighted by Crippen LogP contribution is -2.29. The van der Waals surface area contributed by atoms with Gasteiger partial charge in [0.25, 0.3) is 0 Å². The zero-order chi connectivity index (χ0) is 41.1. The molecule has 0 aliphatic heterocycles. The van der Waals surface area contributed by atoms with E-state index >= 15 is 0 Å². The number of hydrogen-bond acceptors (Lipinski definition) is 6. The number of ether oxygens (including phenoxy) is 2. The summed E-state index contributed by atoms with van der Waals surface area (Å²) in [6.07, 6.45) is 49.4. The van der Waals surface area contributed by atoms with Crippen molar-refractivity contribution in [1.82, 2.24) is 0 Å². The number of esters is 2. The van der Waals surface area contributed by atoms with Crippen LogP contribution in [0, 0.1) is 0 Å². The smallest absolute Gasteiger partial charge is 0.462 e. The summed E-state index contributed by atoms with van der Waals surface area (Å²) in [5.74, 6) is -0.871. The van der Waals surface area contributed by atoms with Crippen LogP contribution in [0.2, 0.25) is 0 Å². The van der Waals surface area contributed by atoms with Crippen LogP contribution in [0.5, 0.6) is 0 Å². The first-order valence-electron chi connectivity index (χ1n) is 24.0. The molecule has 0 saturated heterocycles. The molecule has 0 aliphatic carbocycles. The summed E-state index contributed by atoms with van der Waals surface area (Å²) >= 11 is 0. The Morgan fingerprint density at radius 3 is 1.11 bits per heavy atom. The van der Waals surface area contributed by atoms with E-state index in [0.29, 0.717) is 6.42 Å². The van der Waals surface area contributed by atoms with E-state index in [1.165, 1.54) is 193 Å². The molecular weight excluding hydrogens is 723 g/mol. The van der Waals surface area contributed by atoms with Gasteiger partial charge in [-0.05, 0) is 38.5 Å². The van der Waals surface area contributed by atoms with Crippen molar-refractivity contribution in [3.8, 4) is 0 Å². The number of carbonyl (C=O) groups is 2. The summed E-state index contributed by atoms with van der Waals surface area (Å²) in [6.45, 7) is 3.72. The van der Waals surface area contributed by atoms with Crippen LogP contribution in [0.25, 0.3) is 0 Å². The summed E-state index contributed by atoms with van der Waals surface area (Å²) < 4.78 is 26.5. The summed E-state index contributed by atoms with van der Waals surface area (Å²) in [7, 11) is -4.75. The summed E-state index contributed by atoms with van der Waals surface area (Å²) in [5.41, 5.74) is 0. The third-order valence-corrected chi connectivity index (χ3v) is 11.3. The van der Waals surface area contributed by atoms with E-state index in [-0.39, 0.29) is 19.4 Å². The highest BCUT2D eigenvalue weighted by Gasteiger charge is 2.23. The van der Waals surface area contributed by atoms with E-state index in [1.807, 2.05) is 0 Å². The summed E-state index contributed by atoms with van der Waals surface area (Å²) in [5, 5.41) is 0. The second-order valence-corrected chi connectivity index (χ2v) is 17.7. The molecule has 56 heavy (non-hydrogen) atoms. The average Bonchev–Trinajstić information content (AvgIpc) is 3.17. The maximum Gasteiger partial charge on any atom is 0.469 e. The van der Waals surface area contributed by atoms with Crippen LogP contribution in [0.4, 0.5) is 0 Å². The minimum Gasteiger partial charge on any atom is -0.462 e. The van der Waals surface area contributed by atoms with Crippen LogP contribution >= 0.6 is 7.82 Å². The maximum absolute atomic E-state index is 12.5. The van der Waals surface area contributed by atoms with E-state index in [4.69, 9.17) is 19.3 Å². The molecule has 0 aromatic rings. The topological polar surface area (TPSA) is 119 Å². The first-order valence-corrected chi connectivity index (χ1v) is 25.5. The molecular formula is C47H91O8P. The molecule has 0 saturated carbocycles. The number of unbranched alkanes of at least 4 members (excludes halogenated alkanes) is 33. The van der Waals surface area contributed by atoms with Crippen molar-refractivity contribution in [1.29, 1.82) is 0 Å². The Kier molecular flexibility index (Phi) is 42.4. The molecule has 2 N–H and O–H groups in total. The largest absolute Gasteiger partial charge is 0.469 e. The SMILES string of the molecule is CCCCCC/C=C/CCCCCCCCCCCC(=O)OC[C@H](COP(=O)(O)O)OC(=O)CCCCCCCCCCCCCCCCCCCCCCC. The molecule has 0 bridgehead atoms. The minimum atomic E-state index is -4.75. The summed E-state index contributed by atoms with van der Waals surface area (Å²) in [4.78, 5) is 43.0. The molecule has 0 aliphatic rings. The van der Waals surface area contributed by atoms with Gasteiger partial charge in [0.2, 0.25) is 0 Å². The Balaban J connectivity index is 3.80. The normalized spacial score (nSPS) is 12.4. The number of carbonyl (C=O) groups excluding carboxylic acids is 2. The van der Waals surface area contributed by atoms with E-state index < -0.39 is 32.5 Å². The van der Waals surface area contributed by atoms with Crippen molar-refractivity contribution in [3.63, 3.8) is 0 Å². The van der Waals surface area contributed by atoms with Crippen LogP contribution in [-0.4, -0.2) is 41.0 Å². The van der Waals surface area contributed by atoms with Gasteiger partial charge in [-0.3, -0.25) is 14.1 Å². The Labute approximate surface area is 346 Å². The van der Waals surface area contributed by atoms with Gasteiger partial charge in [0.1, 0.15) is 6.61 Å². The zero-order valence-corrected chi connectivity index (χ0v) is 37.7. The fourth-order valence-corrected chi connectivity index (χ4v) is 7.55. The van der Waals surface area contributed by atoms with Crippen LogP contribution in [-0.2, 0) is 28.2 Å². The van der Waals surface area contributed by atoms with Crippen LogP contribution in [0.15, 0.2) is 12.2 Å². The molecule has 0 rings (SSSR count). The number of phosphoric acid groups is 1. The lowest BCUT2D eigenvalue weighted by atomic mass is 10.0. The minimum absolute atomic E-state index is 0.218. The monoisotopic (exact) mass is 815 g/mol. The van der Waals surface area contributed by atoms with Gasteiger partial charge in [-0.25, -0.2) is 4.57 Å². The lowest BCUT2D eigenvalue weighted by Gasteiger charge is -2.18. The second kappa shape index (κ2) is 43.4. The predicted octanol–water partition coefficient (Wildman–Crippen LogP) is 15.0. The van der Waals surface area contributed by atoms with Gasteiger partial charge in [-0.1, -0.05) is 219 Å². The first kappa shape index (κ1) is 54.8. The highest BCUT2D eigenvalue weighted by atomic mass is 31.2. The van der Waals surface area contributed by atoms with Crippen molar-refractivity contribution in [3.05, 3.63) is 12.2 Å². The van der Waals surface area contributed by atoms with Gasteiger partial charge >= 0.3 is 19.8 Å². The van der Waals surface area contributed by atoms with E-state index in [1.54, 1.807) is 0 Å². The number of rotatable bonds is 45. The van der Waals surface area contributed by atoms with E-state index in [0.717, 1.165) is 32.1 Å². The molecule has 332 valence electrons. The zero-order valence-electron chi connectivity index (χ0n) is 36.8. The molecule has 0 unspecified atom stereocenters. The van der Waals surface area contributed by atoms with E-state index in [2.05, 4.69) is 30.5 Å². The van der Waals surface area contributed by atoms with Crippen LogP contribution in [0.3, 0.4) is 0 Å². The Bertz CT molecular complexity index is 920. The number of hydrogen-bond donors (Lipinski definition) is 2. The van der Waals surface area contributed by atoms with Gasteiger partial charge in [0, 0.05) is 12.8 Å². The number of allylic oxidation sites excluding steroid dienone is 2. The molecule has 0 heterocycles. The molecule has 0 spiro atoms. The maximum atomic E-state index is 12.5. The Hall–Kier alpha value is -1.21. The van der Waals surface area contributed by atoms with E-state index in [9.17, 15) is 14.2 Å². The fourth-order valence-electron chi connectivity index (χ4n) is 7.19. The molecule has 0 radical (unpaired) electrons. The summed E-state index contributed by atoms with van der Waals surface area (Å²) in [6, 6.07) is 0. The average molecular weight is 815 g/mol. The lowest BCUT2D eigenvalue weighted by molar-refractivity contribution is -0.161. The molecule has 0 amide bonds. The van der Waals surface area contributed by atoms with Crippen LogP contribution < -0.4 is 0 Å². The number of phosphoric ester groups is 1. The first-order chi connectivity index (χ1) is 27.3. The Morgan fingerprint density at radius 2 is 0.750 bits per heavy atom. The predicted molar refractivity (Wildman–Crippen MR) is 235 cm³/mol. The van der Waals surface area contributed by atoms with Crippen LogP contribution in [0.1, 0.15) is 258 Å². The third-order valence-electron chi connectivity index (χ3n) is 10.8. The van der Waals surface area contributed by atoms with Crippen molar-refractivity contribution >= 4 is 19.8 Å². The highest BCUT2D eigenvalue weighted by molar-refractivity contribution is 7.46.